The second-order valence-electron chi connectivity index (χ2n) is 3.28. The summed E-state index contributed by atoms with van der Waals surface area (Å²) in [5.74, 6) is -0.353. The number of hydrogen-bond acceptors (Lipinski definition) is 4. The predicted molar refractivity (Wildman–Crippen MR) is 67.7 cm³/mol. The Morgan fingerprint density at radius 3 is 3.06 bits per heavy atom. The number of carbonyl (C=O) groups excluding carboxylic acids is 1. The molecular weight excluding hydrogens is 260 g/mol. The van der Waals surface area contributed by atoms with Gasteiger partial charge in [-0.25, -0.2) is 5.43 Å². The summed E-state index contributed by atoms with van der Waals surface area (Å²) in [6.07, 6.45) is 1.54. The number of aromatic amines is 1. The molecule has 2 aromatic heterocycles. The topological polar surface area (TPSA) is 70.1 Å². The van der Waals surface area contributed by atoms with Crippen LogP contribution in [0.2, 0.25) is 4.34 Å². The molecule has 0 saturated carbocycles. The number of H-pyrrole nitrogens is 1. The van der Waals surface area contributed by atoms with E-state index in [1.165, 1.54) is 17.6 Å². The van der Waals surface area contributed by atoms with Gasteiger partial charge in [0, 0.05) is 10.6 Å². The van der Waals surface area contributed by atoms with Gasteiger partial charge in [-0.15, -0.1) is 11.3 Å². The van der Waals surface area contributed by atoms with Gasteiger partial charge in [-0.1, -0.05) is 11.6 Å². The summed E-state index contributed by atoms with van der Waals surface area (Å²) in [5.41, 5.74) is 3.51. The molecule has 0 aromatic carbocycles. The van der Waals surface area contributed by atoms with Crippen LogP contribution in [-0.4, -0.2) is 22.3 Å². The van der Waals surface area contributed by atoms with Crippen molar-refractivity contribution in [3.05, 3.63) is 38.8 Å². The number of aromatic nitrogens is 2. The normalized spacial score (nSPS) is 10.9. The van der Waals surface area contributed by atoms with E-state index in [4.69, 9.17) is 11.6 Å². The molecule has 0 spiro atoms. The highest BCUT2D eigenvalue weighted by Gasteiger charge is 2.07. The minimum atomic E-state index is -0.353. The van der Waals surface area contributed by atoms with E-state index in [-0.39, 0.29) is 5.91 Å². The molecule has 0 aliphatic heterocycles. The predicted octanol–water partition coefficient (Wildman–Crippen LogP) is 2.20. The van der Waals surface area contributed by atoms with E-state index >= 15 is 0 Å². The molecule has 0 aliphatic rings. The van der Waals surface area contributed by atoms with Crippen LogP contribution in [0, 0.1) is 6.92 Å². The van der Waals surface area contributed by atoms with Crippen molar-refractivity contribution in [1.82, 2.24) is 15.6 Å². The van der Waals surface area contributed by atoms with E-state index in [0.717, 1.165) is 10.6 Å². The molecule has 0 saturated heterocycles. The first kappa shape index (κ1) is 11.8. The number of hydrogen-bond donors (Lipinski definition) is 2. The van der Waals surface area contributed by atoms with Crippen LogP contribution in [-0.2, 0) is 0 Å². The molecule has 0 unspecified atom stereocenters. The summed E-state index contributed by atoms with van der Waals surface area (Å²) in [4.78, 5) is 12.4. The Labute approximate surface area is 107 Å². The third-order valence-electron chi connectivity index (χ3n) is 1.89. The quantitative estimate of drug-likeness (QED) is 0.662. The zero-order valence-electron chi connectivity index (χ0n) is 8.90. The molecule has 88 valence electrons. The Kier molecular flexibility index (Phi) is 3.55. The molecule has 1 amide bonds. The maximum absolute atomic E-state index is 11.5. The van der Waals surface area contributed by atoms with Crippen molar-refractivity contribution >= 4 is 35.1 Å². The van der Waals surface area contributed by atoms with E-state index in [9.17, 15) is 4.79 Å². The second-order valence-corrected chi connectivity index (χ2v) is 5.02. The second kappa shape index (κ2) is 5.11. The Bertz CT molecular complexity index is 560. The summed E-state index contributed by atoms with van der Waals surface area (Å²) < 4.78 is 0.681. The lowest BCUT2D eigenvalue weighted by Crippen LogP contribution is -2.17. The van der Waals surface area contributed by atoms with Crippen LogP contribution in [0.5, 0.6) is 0 Å². The SMILES string of the molecule is Cc1cc(C(=O)NN=Cc2ccc(Cl)s2)n[nH]1. The maximum Gasteiger partial charge on any atom is 0.291 e. The van der Waals surface area contributed by atoms with Crippen molar-refractivity contribution in [2.75, 3.05) is 0 Å². The van der Waals surface area contributed by atoms with Crippen LogP contribution in [0.1, 0.15) is 21.1 Å². The smallest absolute Gasteiger partial charge is 0.282 e. The van der Waals surface area contributed by atoms with Gasteiger partial charge < -0.3 is 0 Å². The number of hydrazone groups is 1. The first-order valence-electron chi connectivity index (χ1n) is 4.76. The Morgan fingerprint density at radius 1 is 1.65 bits per heavy atom. The number of halogens is 1. The molecule has 0 atom stereocenters. The lowest BCUT2D eigenvalue weighted by molar-refractivity contribution is 0.0950. The molecular formula is C10H9ClN4OS. The van der Waals surface area contributed by atoms with Crippen LogP contribution >= 0.6 is 22.9 Å². The third kappa shape index (κ3) is 3.15. The van der Waals surface area contributed by atoms with Gasteiger partial charge in [0.25, 0.3) is 5.91 Å². The van der Waals surface area contributed by atoms with Gasteiger partial charge in [0.05, 0.1) is 10.6 Å². The van der Waals surface area contributed by atoms with Crippen LogP contribution in [0.15, 0.2) is 23.3 Å². The highest BCUT2D eigenvalue weighted by atomic mass is 35.5. The molecule has 0 aliphatic carbocycles. The van der Waals surface area contributed by atoms with Gasteiger partial charge in [0.2, 0.25) is 0 Å². The number of carbonyl (C=O) groups is 1. The first-order chi connectivity index (χ1) is 8.15. The number of rotatable bonds is 3. The number of amides is 1. The molecule has 2 N–H and O–H groups in total. The number of aryl methyl sites for hydroxylation is 1. The van der Waals surface area contributed by atoms with Crippen LogP contribution < -0.4 is 5.43 Å². The average Bonchev–Trinajstić information content (AvgIpc) is 2.88. The first-order valence-corrected chi connectivity index (χ1v) is 5.95. The number of nitrogens with zero attached hydrogens (tertiary/aromatic N) is 2. The van der Waals surface area contributed by atoms with E-state index in [0.29, 0.717) is 10.0 Å². The molecule has 2 heterocycles. The summed E-state index contributed by atoms with van der Waals surface area (Å²) in [6.45, 7) is 1.82. The molecule has 2 aromatic rings. The van der Waals surface area contributed by atoms with E-state index in [1.807, 2.05) is 13.0 Å². The lowest BCUT2D eigenvalue weighted by atomic mass is 10.4. The largest absolute Gasteiger partial charge is 0.291 e. The zero-order valence-corrected chi connectivity index (χ0v) is 10.5. The summed E-state index contributed by atoms with van der Waals surface area (Å²) >= 11 is 7.14. The fourth-order valence-electron chi connectivity index (χ4n) is 1.14. The highest BCUT2D eigenvalue weighted by molar-refractivity contribution is 7.17. The average molecular weight is 269 g/mol. The summed E-state index contributed by atoms with van der Waals surface area (Å²) in [6, 6.07) is 5.24. The van der Waals surface area contributed by atoms with Crippen molar-refractivity contribution < 1.29 is 4.79 Å². The van der Waals surface area contributed by atoms with Crippen molar-refractivity contribution in [2.45, 2.75) is 6.92 Å². The van der Waals surface area contributed by atoms with Crippen LogP contribution in [0.4, 0.5) is 0 Å². The Morgan fingerprint density at radius 2 is 2.47 bits per heavy atom. The minimum Gasteiger partial charge on any atom is -0.282 e. The summed E-state index contributed by atoms with van der Waals surface area (Å²) in [5, 5.41) is 10.3. The van der Waals surface area contributed by atoms with Gasteiger partial charge in [0.15, 0.2) is 5.69 Å². The van der Waals surface area contributed by atoms with Crippen molar-refractivity contribution in [2.24, 2.45) is 5.10 Å². The molecule has 17 heavy (non-hydrogen) atoms. The van der Waals surface area contributed by atoms with E-state index in [2.05, 4.69) is 20.7 Å². The van der Waals surface area contributed by atoms with Gasteiger partial charge in [-0.05, 0) is 25.1 Å². The maximum atomic E-state index is 11.5. The number of nitrogens with one attached hydrogen (secondary N) is 2. The highest BCUT2D eigenvalue weighted by Crippen LogP contribution is 2.19. The van der Waals surface area contributed by atoms with Crippen molar-refractivity contribution in [3.8, 4) is 0 Å². The van der Waals surface area contributed by atoms with E-state index in [1.54, 1.807) is 12.1 Å². The minimum absolute atomic E-state index is 0.309. The fraction of sp³-hybridized carbons (Fsp3) is 0.100. The van der Waals surface area contributed by atoms with Crippen molar-refractivity contribution in [1.29, 1.82) is 0 Å². The third-order valence-corrected chi connectivity index (χ3v) is 3.06. The van der Waals surface area contributed by atoms with Gasteiger partial charge in [-0.3, -0.25) is 9.89 Å². The number of thiophene rings is 1. The lowest BCUT2D eigenvalue weighted by Gasteiger charge is -1.93. The molecule has 5 nitrogen and oxygen atoms in total. The van der Waals surface area contributed by atoms with Crippen LogP contribution in [0.25, 0.3) is 0 Å². The van der Waals surface area contributed by atoms with Crippen molar-refractivity contribution in [3.63, 3.8) is 0 Å². The standard InChI is InChI=1S/C10H9ClN4OS/c1-6-4-8(14-13-6)10(16)15-12-5-7-2-3-9(11)17-7/h2-5H,1H3,(H,13,14)(H,15,16). The van der Waals surface area contributed by atoms with Gasteiger partial charge in [0.1, 0.15) is 0 Å². The van der Waals surface area contributed by atoms with E-state index < -0.39 is 0 Å². The molecule has 2 rings (SSSR count). The Balaban J connectivity index is 1.94. The van der Waals surface area contributed by atoms with Gasteiger partial charge >= 0.3 is 0 Å². The van der Waals surface area contributed by atoms with Gasteiger partial charge in [-0.2, -0.15) is 10.2 Å². The molecule has 0 fully saturated rings. The molecule has 0 radical (unpaired) electrons. The Hall–Kier alpha value is -1.66. The summed E-state index contributed by atoms with van der Waals surface area (Å²) in [7, 11) is 0. The van der Waals surface area contributed by atoms with Crippen LogP contribution in [0.3, 0.4) is 0 Å². The monoisotopic (exact) mass is 268 g/mol. The molecule has 7 heteroatoms. The zero-order chi connectivity index (χ0) is 12.3. The molecule has 0 bridgehead atoms. The fourth-order valence-corrected chi connectivity index (χ4v) is 2.08.